The fourth-order valence-corrected chi connectivity index (χ4v) is 5.53. The van der Waals surface area contributed by atoms with E-state index in [4.69, 9.17) is 4.74 Å². The molecule has 0 radical (unpaired) electrons. The largest absolute Gasteiger partial charge is 0.493 e. The van der Waals surface area contributed by atoms with E-state index in [1.807, 2.05) is 54.6 Å². The number of aromatic amines is 1. The van der Waals surface area contributed by atoms with E-state index in [9.17, 15) is 9.90 Å². The van der Waals surface area contributed by atoms with Crippen molar-refractivity contribution in [2.75, 3.05) is 6.61 Å². The van der Waals surface area contributed by atoms with Crippen molar-refractivity contribution in [3.05, 3.63) is 155 Å². The summed E-state index contributed by atoms with van der Waals surface area (Å²) in [5.74, 6) is -0.107. The van der Waals surface area contributed by atoms with Crippen molar-refractivity contribution in [1.82, 2.24) is 4.98 Å². The topological polar surface area (TPSA) is 62.3 Å². The average Bonchev–Trinajstić information content (AvgIpc) is 3.42. The van der Waals surface area contributed by atoms with Gasteiger partial charge in [0, 0.05) is 10.8 Å². The minimum Gasteiger partial charge on any atom is -0.493 e. The molecular formula is C39H33NO3. The number of aromatic nitrogens is 1. The maximum atomic E-state index is 12.2. The predicted molar refractivity (Wildman–Crippen MR) is 178 cm³/mol. The van der Waals surface area contributed by atoms with Gasteiger partial charge in [0.25, 0.3) is 0 Å². The smallest absolute Gasteiger partial charge is 0.352 e. The monoisotopic (exact) mass is 563 g/mol. The molecule has 6 aromatic rings. The third-order valence-corrected chi connectivity index (χ3v) is 7.64. The van der Waals surface area contributed by atoms with E-state index in [1.165, 1.54) is 5.56 Å². The molecule has 0 amide bonds. The number of H-pyrrole nitrogens is 1. The second-order valence-corrected chi connectivity index (χ2v) is 10.6. The maximum absolute atomic E-state index is 12.2. The SMILES string of the molecule is O=C(O)c1[nH]c2c(C=Cc3cccc(C=CCc4ccccc4)c3)cccc2c1CCCOc1cccc2ccccc12. The Bertz CT molecular complexity index is 1930. The number of aryl methyl sites for hydroxylation is 1. The van der Waals surface area contributed by atoms with Gasteiger partial charge in [0.05, 0.1) is 12.1 Å². The van der Waals surface area contributed by atoms with Gasteiger partial charge < -0.3 is 14.8 Å². The number of ether oxygens (including phenoxy) is 1. The zero-order valence-corrected chi connectivity index (χ0v) is 23.9. The highest BCUT2D eigenvalue weighted by Gasteiger charge is 2.18. The quantitative estimate of drug-likeness (QED) is 0.122. The number of hydrogen-bond acceptors (Lipinski definition) is 2. The lowest BCUT2D eigenvalue weighted by Gasteiger charge is -2.09. The van der Waals surface area contributed by atoms with Crippen molar-refractivity contribution in [3.8, 4) is 5.75 Å². The lowest BCUT2D eigenvalue weighted by molar-refractivity contribution is 0.0690. The molecule has 43 heavy (non-hydrogen) atoms. The van der Waals surface area contributed by atoms with Crippen LogP contribution in [-0.2, 0) is 12.8 Å². The van der Waals surface area contributed by atoms with Crippen molar-refractivity contribution in [2.45, 2.75) is 19.3 Å². The number of hydrogen-bond donors (Lipinski definition) is 2. The number of allylic oxidation sites excluding steroid dienone is 1. The number of fused-ring (bicyclic) bond motifs is 2. The summed E-state index contributed by atoms with van der Waals surface area (Å²) in [6, 6.07) is 39.0. The molecule has 0 atom stereocenters. The zero-order chi connectivity index (χ0) is 29.4. The molecule has 0 aliphatic carbocycles. The van der Waals surface area contributed by atoms with Crippen molar-refractivity contribution >= 4 is 45.9 Å². The van der Waals surface area contributed by atoms with Crippen LogP contribution in [0.2, 0.25) is 0 Å². The number of carboxylic acid groups (broad SMARTS) is 1. The molecule has 1 aromatic heterocycles. The molecule has 6 rings (SSSR count). The maximum Gasteiger partial charge on any atom is 0.352 e. The van der Waals surface area contributed by atoms with Crippen LogP contribution in [0, 0.1) is 0 Å². The lowest BCUT2D eigenvalue weighted by atomic mass is 10.0. The summed E-state index contributed by atoms with van der Waals surface area (Å²) < 4.78 is 6.12. The molecule has 0 spiro atoms. The third-order valence-electron chi connectivity index (χ3n) is 7.64. The van der Waals surface area contributed by atoms with Crippen molar-refractivity contribution < 1.29 is 14.6 Å². The fourth-order valence-electron chi connectivity index (χ4n) is 5.53. The van der Waals surface area contributed by atoms with Crippen molar-refractivity contribution in [1.29, 1.82) is 0 Å². The second-order valence-electron chi connectivity index (χ2n) is 10.6. The minimum atomic E-state index is -0.953. The van der Waals surface area contributed by atoms with E-state index in [1.54, 1.807) is 0 Å². The highest BCUT2D eigenvalue weighted by molar-refractivity contribution is 6.01. The molecule has 0 aliphatic rings. The van der Waals surface area contributed by atoms with E-state index >= 15 is 0 Å². The minimum absolute atomic E-state index is 0.242. The van der Waals surface area contributed by atoms with E-state index in [0.717, 1.165) is 56.1 Å². The fraction of sp³-hybridized carbons (Fsp3) is 0.103. The van der Waals surface area contributed by atoms with E-state index in [-0.39, 0.29) is 5.69 Å². The molecule has 0 fully saturated rings. The van der Waals surface area contributed by atoms with Crippen LogP contribution in [0.4, 0.5) is 0 Å². The van der Waals surface area contributed by atoms with Crippen LogP contribution >= 0.6 is 0 Å². The van der Waals surface area contributed by atoms with Crippen molar-refractivity contribution in [2.24, 2.45) is 0 Å². The van der Waals surface area contributed by atoms with Gasteiger partial charge in [-0.25, -0.2) is 4.79 Å². The van der Waals surface area contributed by atoms with Gasteiger partial charge in [-0.1, -0.05) is 127 Å². The summed E-state index contributed by atoms with van der Waals surface area (Å²) >= 11 is 0. The first-order valence-corrected chi connectivity index (χ1v) is 14.6. The first-order chi connectivity index (χ1) is 21.2. The number of nitrogens with one attached hydrogen (secondary N) is 1. The van der Waals surface area contributed by atoms with Gasteiger partial charge in [0.1, 0.15) is 11.4 Å². The summed E-state index contributed by atoms with van der Waals surface area (Å²) in [5.41, 5.74) is 6.33. The van der Waals surface area contributed by atoms with Gasteiger partial charge in [-0.2, -0.15) is 0 Å². The molecule has 0 aliphatic heterocycles. The molecule has 0 saturated carbocycles. The van der Waals surface area contributed by atoms with Crippen LogP contribution in [0.15, 0.2) is 121 Å². The molecule has 212 valence electrons. The number of rotatable bonds is 11. The van der Waals surface area contributed by atoms with Gasteiger partial charge in [-0.05, 0) is 64.6 Å². The van der Waals surface area contributed by atoms with Crippen LogP contribution in [0.5, 0.6) is 5.75 Å². The molecule has 2 N–H and O–H groups in total. The summed E-state index contributed by atoms with van der Waals surface area (Å²) in [7, 11) is 0. The summed E-state index contributed by atoms with van der Waals surface area (Å²) in [6.07, 6.45) is 10.6. The Hall–Kier alpha value is -5.35. The van der Waals surface area contributed by atoms with Crippen molar-refractivity contribution in [3.63, 3.8) is 0 Å². The van der Waals surface area contributed by atoms with Gasteiger partial charge >= 0.3 is 5.97 Å². The summed E-state index contributed by atoms with van der Waals surface area (Å²) in [6.45, 7) is 0.496. The molecule has 5 aromatic carbocycles. The standard InChI is InChI=1S/C39H33NO3/c41-39(42)38-35(22-10-26-43-36-23-9-18-31-17-4-5-20-33(31)36)34-21-8-19-32(37(34)40-38)25-24-30-16-7-15-29(27-30)14-6-13-28-11-2-1-3-12-28/h1-9,11-12,14-21,23-25,27,40H,10,13,22,26H2,(H,41,42). The molecule has 0 saturated heterocycles. The normalized spacial score (nSPS) is 11.6. The first kappa shape index (κ1) is 27.8. The number of benzene rings is 5. The van der Waals surface area contributed by atoms with E-state index in [0.29, 0.717) is 19.4 Å². The number of aromatic carboxylic acids is 1. The Morgan fingerprint density at radius 3 is 2.33 bits per heavy atom. The Labute approximate surface area is 251 Å². The Balaban J connectivity index is 1.17. The Kier molecular flexibility index (Phi) is 8.46. The lowest BCUT2D eigenvalue weighted by Crippen LogP contribution is -2.04. The van der Waals surface area contributed by atoms with Crippen LogP contribution in [0.25, 0.3) is 39.9 Å². The molecule has 1 heterocycles. The number of para-hydroxylation sites is 1. The van der Waals surface area contributed by atoms with Crippen LogP contribution < -0.4 is 4.74 Å². The van der Waals surface area contributed by atoms with Crippen LogP contribution in [0.1, 0.15) is 44.7 Å². The molecule has 0 bridgehead atoms. The summed E-state index contributed by atoms with van der Waals surface area (Å²) in [4.78, 5) is 15.4. The van der Waals surface area contributed by atoms with Gasteiger partial charge in [-0.3, -0.25) is 0 Å². The van der Waals surface area contributed by atoms with Crippen LogP contribution in [0.3, 0.4) is 0 Å². The molecular weight excluding hydrogens is 530 g/mol. The second kappa shape index (κ2) is 13.1. The highest BCUT2D eigenvalue weighted by Crippen LogP contribution is 2.29. The molecule has 4 nitrogen and oxygen atoms in total. The zero-order valence-electron chi connectivity index (χ0n) is 23.9. The Morgan fingerprint density at radius 2 is 1.47 bits per heavy atom. The van der Waals surface area contributed by atoms with Crippen LogP contribution in [-0.4, -0.2) is 22.7 Å². The molecule has 0 unspecified atom stereocenters. The van der Waals surface area contributed by atoms with Gasteiger partial charge in [-0.15, -0.1) is 0 Å². The third kappa shape index (κ3) is 6.60. The van der Waals surface area contributed by atoms with Gasteiger partial charge in [0.2, 0.25) is 0 Å². The van der Waals surface area contributed by atoms with Gasteiger partial charge in [0.15, 0.2) is 0 Å². The highest BCUT2D eigenvalue weighted by atomic mass is 16.5. The number of carboxylic acids is 1. The average molecular weight is 564 g/mol. The van der Waals surface area contributed by atoms with E-state index in [2.05, 4.69) is 89.9 Å². The summed E-state index contributed by atoms with van der Waals surface area (Å²) in [5, 5.41) is 13.2. The Morgan fingerprint density at radius 1 is 0.744 bits per heavy atom. The predicted octanol–water partition coefficient (Wildman–Crippen LogP) is 9.46. The molecule has 4 heteroatoms. The first-order valence-electron chi connectivity index (χ1n) is 14.6. The number of carbonyl (C=O) groups is 1. The van der Waals surface area contributed by atoms with E-state index < -0.39 is 5.97 Å².